The molecule has 2 heterocycles. The third-order valence-corrected chi connectivity index (χ3v) is 8.21. The van der Waals surface area contributed by atoms with Crippen LogP contribution in [0.25, 0.3) is 10.4 Å². The van der Waals surface area contributed by atoms with Crippen LogP contribution < -0.4 is 10.6 Å². The third-order valence-electron chi connectivity index (χ3n) is 7.23. The zero-order valence-electron chi connectivity index (χ0n) is 22.2. The predicted octanol–water partition coefficient (Wildman–Crippen LogP) is 2.99. The van der Waals surface area contributed by atoms with Gasteiger partial charge in [0.2, 0.25) is 11.8 Å². The molecule has 4 rings (SSSR count). The minimum Gasteiger partial charge on any atom is -0.388 e. The summed E-state index contributed by atoms with van der Waals surface area (Å²) in [6.07, 6.45) is -3.42. The molecular weight excluding hydrogens is 514 g/mol. The Bertz CT molecular complexity index is 1240. The lowest BCUT2D eigenvalue weighted by Crippen LogP contribution is -2.59. The number of amides is 3. The van der Waals surface area contributed by atoms with Crippen molar-refractivity contribution in [3.05, 3.63) is 40.5 Å². The van der Waals surface area contributed by atoms with E-state index in [2.05, 4.69) is 15.6 Å². The van der Waals surface area contributed by atoms with Crippen molar-refractivity contribution < 1.29 is 28.3 Å². The highest BCUT2D eigenvalue weighted by Crippen LogP contribution is 2.40. The highest BCUT2D eigenvalue weighted by molar-refractivity contribution is 7.13. The summed E-state index contributed by atoms with van der Waals surface area (Å²) in [6, 6.07) is 3.00. The number of aliphatic hydroxyl groups is 1. The van der Waals surface area contributed by atoms with Crippen LogP contribution in [0.4, 0.5) is 8.78 Å². The molecule has 1 aromatic carbocycles. The number of halogens is 2. The van der Waals surface area contributed by atoms with Gasteiger partial charge in [0.15, 0.2) is 11.8 Å². The van der Waals surface area contributed by atoms with Crippen LogP contribution in [0.5, 0.6) is 0 Å². The summed E-state index contributed by atoms with van der Waals surface area (Å²) in [5.74, 6) is -2.39. The van der Waals surface area contributed by atoms with Crippen molar-refractivity contribution in [1.29, 1.82) is 0 Å². The molecule has 1 saturated carbocycles. The largest absolute Gasteiger partial charge is 0.388 e. The number of benzene rings is 1. The Hall–Kier alpha value is -2.92. The number of likely N-dealkylation sites (tertiary alicyclic amines) is 1. The van der Waals surface area contributed by atoms with Gasteiger partial charge in [0, 0.05) is 6.54 Å². The normalized spacial score (nSPS) is 23.2. The molecule has 0 bridgehead atoms. The maximum atomic E-state index is 15.1. The maximum absolute atomic E-state index is 15.1. The fourth-order valence-electron chi connectivity index (χ4n) is 4.62. The molecule has 206 valence electrons. The van der Waals surface area contributed by atoms with Gasteiger partial charge in [-0.15, -0.1) is 11.3 Å². The SMILES string of the molecule is Cc1cc(-c2scnc2C)ccc1CNC(=O)C1[C@@H](F)[C@@H](O)CN1C(=O)[C@@H](NC(=O)C1(F)CC1)C(C)(C)C. The van der Waals surface area contributed by atoms with Gasteiger partial charge in [-0.25, -0.2) is 13.8 Å². The summed E-state index contributed by atoms with van der Waals surface area (Å²) < 4.78 is 29.4. The number of rotatable bonds is 7. The zero-order chi connectivity index (χ0) is 28.0. The Labute approximate surface area is 224 Å². The minimum atomic E-state index is -2.01. The second-order valence-electron chi connectivity index (χ2n) is 11.3. The fraction of sp³-hybridized carbons (Fsp3) is 0.556. The van der Waals surface area contributed by atoms with Crippen LogP contribution >= 0.6 is 11.3 Å². The molecule has 1 saturated heterocycles. The van der Waals surface area contributed by atoms with E-state index in [1.807, 2.05) is 32.0 Å². The molecule has 2 aliphatic rings. The average Bonchev–Trinajstić information content (AvgIpc) is 3.33. The number of nitrogens with one attached hydrogen (secondary N) is 2. The molecule has 2 fully saturated rings. The summed E-state index contributed by atoms with van der Waals surface area (Å²) in [6.45, 7) is 8.57. The van der Waals surface area contributed by atoms with E-state index < -0.39 is 59.7 Å². The van der Waals surface area contributed by atoms with Crippen LogP contribution in [-0.4, -0.2) is 69.3 Å². The second-order valence-corrected chi connectivity index (χ2v) is 12.2. The number of carbonyl (C=O) groups is 3. The van der Waals surface area contributed by atoms with Gasteiger partial charge in [0.25, 0.3) is 5.91 Å². The highest BCUT2D eigenvalue weighted by atomic mass is 32.1. The van der Waals surface area contributed by atoms with Gasteiger partial charge >= 0.3 is 0 Å². The predicted molar refractivity (Wildman–Crippen MR) is 140 cm³/mol. The smallest absolute Gasteiger partial charge is 0.258 e. The van der Waals surface area contributed by atoms with Crippen molar-refractivity contribution in [2.24, 2.45) is 5.41 Å². The van der Waals surface area contributed by atoms with Crippen LogP contribution in [0.1, 0.15) is 50.4 Å². The number of hydrogen-bond donors (Lipinski definition) is 3. The van der Waals surface area contributed by atoms with Crippen molar-refractivity contribution in [3.63, 3.8) is 0 Å². The Morgan fingerprint density at radius 3 is 2.50 bits per heavy atom. The first-order chi connectivity index (χ1) is 17.7. The number of alkyl halides is 2. The molecule has 2 aromatic rings. The van der Waals surface area contributed by atoms with E-state index in [9.17, 15) is 23.9 Å². The second kappa shape index (κ2) is 10.3. The molecule has 4 atom stereocenters. The first-order valence-corrected chi connectivity index (χ1v) is 13.5. The number of nitrogens with zero attached hydrogens (tertiary/aromatic N) is 2. The van der Waals surface area contributed by atoms with E-state index in [0.29, 0.717) is 0 Å². The number of aromatic nitrogens is 1. The lowest BCUT2D eigenvalue weighted by Gasteiger charge is -2.35. The molecule has 8 nitrogen and oxygen atoms in total. The molecule has 1 aromatic heterocycles. The molecule has 1 aliphatic carbocycles. The van der Waals surface area contributed by atoms with E-state index in [1.54, 1.807) is 26.3 Å². The molecule has 3 amide bonds. The summed E-state index contributed by atoms with van der Waals surface area (Å²) in [5, 5.41) is 15.4. The van der Waals surface area contributed by atoms with E-state index in [0.717, 1.165) is 32.2 Å². The highest BCUT2D eigenvalue weighted by Gasteiger charge is 2.54. The molecule has 3 N–H and O–H groups in total. The third kappa shape index (κ3) is 5.58. The van der Waals surface area contributed by atoms with E-state index in [4.69, 9.17) is 0 Å². The summed E-state index contributed by atoms with van der Waals surface area (Å²) in [5.41, 5.74) is 2.59. The number of hydrogen-bond acceptors (Lipinski definition) is 6. The zero-order valence-corrected chi connectivity index (χ0v) is 23.0. The van der Waals surface area contributed by atoms with E-state index >= 15 is 4.39 Å². The number of aryl methyl sites for hydroxylation is 2. The van der Waals surface area contributed by atoms with E-state index in [1.165, 1.54) is 11.3 Å². The maximum Gasteiger partial charge on any atom is 0.258 e. The van der Waals surface area contributed by atoms with Gasteiger partial charge in [-0.3, -0.25) is 14.4 Å². The van der Waals surface area contributed by atoms with Crippen LogP contribution in [0.3, 0.4) is 0 Å². The first kappa shape index (κ1) is 28.1. The van der Waals surface area contributed by atoms with E-state index in [-0.39, 0.29) is 19.4 Å². The Morgan fingerprint density at radius 2 is 1.95 bits per heavy atom. The lowest BCUT2D eigenvalue weighted by atomic mass is 9.85. The van der Waals surface area contributed by atoms with Gasteiger partial charge in [-0.1, -0.05) is 39.0 Å². The Balaban J connectivity index is 1.48. The van der Waals surface area contributed by atoms with Gasteiger partial charge in [-0.2, -0.15) is 0 Å². The number of thiazole rings is 1. The summed E-state index contributed by atoms with van der Waals surface area (Å²) >= 11 is 1.54. The molecule has 1 aliphatic heterocycles. The Morgan fingerprint density at radius 1 is 1.26 bits per heavy atom. The molecule has 0 spiro atoms. The quantitative estimate of drug-likeness (QED) is 0.493. The first-order valence-electron chi connectivity index (χ1n) is 12.6. The fourth-order valence-corrected chi connectivity index (χ4v) is 5.43. The molecule has 11 heteroatoms. The van der Waals surface area contributed by atoms with Gasteiger partial charge in [0.05, 0.1) is 22.6 Å². The average molecular weight is 549 g/mol. The van der Waals surface area contributed by atoms with Crippen molar-refractivity contribution in [3.8, 4) is 10.4 Å². The molecule has 1 unspecified atom stereocenters. The molecule has 0 radical (unpaired) electrons. The number of carbonyl (C=O) groups excluding carboxylic acids is 3. The van der Waals surface area contributed by atoms with Crippen LogP contribution in [0.2, 0.25) is 0 Å². The molecular formula is C27H34F2N4O4S. The van der Waals surface area contributed by atoms with Crippen LogP contribution in [0.15, 0.2) is 23.7 Å². The van der Waals surface area contributed by atoms with Crippen molar-refractivity contribution in [2.75, 3.05) is 6.54 Å². The lowest BCUT2D eigenvalue weighted by molar-refractivity contribution is -0.145. The van der Waals surface area contributed by atoms with Gasteiger partial charge < -0.3 is 20.6 Å². The van der Waals surface area contributed by atoms with Crippen molar-refractivity contribution >= 4 is 29.1 Å². The molecule has 38 heavy (non-hydrogen) atoms. The Kier molecular flexibility index (Phi) is 7.64. The number of β-amino-alcohol motifs (C(OH)–C–C–N with tert-alkyl or cyclic N) is 1. The van der Waals surface area contributed by atoms with Gasteiger partial charge in [0.1, 0.15) is 18.2 Å². The number of aliphatic hydroxyl groups excluding tert-OH is 1. The summed E-state index contributed by atoms with van der Waals surface area (Å²) in [7, 11) is 0. The van der Waals surface area contributed by atoms with Crippen LogP contribution in [-0.2, 0) is 20.9 Å². The van der Waals surface area contributed by atoms with Crippen molar-refractivity contribution in [1.82, 2.24) is 20.5 Å². The topological polar surface area (TPSA) is 112 Å². The monoisotopic (exact) mass is 548 g/mol. The summed E-state index contributed by atoms with van der Waals surface area (Å²) in [4.78, 5) is 45.3. The van der Waals surface area contributed by atoms with Gasteiger partial charge in [-0.05, 0) is 48.8 Å². The van der Waals surface area contributed by atoms with Crippen molar-refractivity contribution in [2.45, 2.75) is 84.0 Å². The standard InChI is InChI=1S/C27H34F2N4O4S/c1-14-10-16(21-15(2)31-13-38-21)6-7-17(14)11-30-23(35)20-19(28)18(34)12-33(20)24(36)22(26(3,4)5)32-25(37)27(29)8-9-27/h6-7,10,13,18-20,22,34H,8-9,11-12H2,1-5H3,(H,30,35)(H,32,37)/t18-,19-,20?,22+/m0/s1. The van der Waals surface area contributed by atoms with Crippen LogP contribution in [0, 0.1) is 19.3 Å². The minimum absolute atomic E-state index is 0.0775.